The van der Waals surface area contributed by atoms with Crippen molar-refractivity contribution in [2.45, 2.75) is 26.3 Å². The fourth-order valence-electron chi connectivity index (χ4n) is 3.15. The van der Waals surface area contributed by atoms with Crippen molar-refractivity contribution >= 4 is 11.6 Å². The SMILES string of the molecule is CCCCN(C)C(=O)Cn1nc2c(-c3nc(-c4cccc(F)c4)no3)cccn2c1=O. The van der Waals surface area contributed by atoms with Gasteiger partial charge in [-0.15, -0.1) is 5.10 Å². The Morgan fingerprint density at radius 2 is 2.10 bits per heavy atom. The summed E-state index contributed by atoms with van der Waals surface area (Å²) in [5.41, 5.74) is 0.732. The first-order chi connectivity index (χ1) is 15.0. The largest absolute Gasteiger partial charge is 0.350 e. The highest BCUT2D eigenvalue weighted by molar-refractivity contribution is 5.76. The van der Waals surface area contributed by atoms with Crippen molar-refractivity contribution in [3.05, 3.63) is 58.9 Å². The Labute approximate surface area is 176 Å². The Morgan fingerprint density at radius 1 is 1.26 bits per heavy atom. The molecule has 0 radical (unpaired) electrons. The van der Waals surface area contributed by atoms with Gasteiger partial charge in [-0.1, -0.05) is 30.6 Å². The third-order valence-corrected chi connectivity index (χ3v) is 4.91. The lowest BCUT2D eigenvalue weighted by molar-refractivity contribution is -0.130. The first kappa shape index (κ1) is 20.5. The fourth-order valence-corrected chi connectivity index (χ4v) is 3.15. The van der Waals surface area contributed by atoms with E-state index in [9.17, 15) is 14.0 Å². The van der Waals surface area contributed by atoms with Crippen molar-refractivity contribution < 1.29 is 13.7 Å². The Morgan fingerprint density at radius 3 is 2.87 bits per heavy atom. The van der Waals surface area contributed by atoms with Gasteiger partial charge < -0.3 is 9.42 Å². The number of nitrogens with zero attached hydrogens (tertiary/aromatic N) is 6. The molecule has 0 aliphatic heterocycles. The van der Waals surface area contributed by atoms with Gasteiger partial charge in [0.2, 0.25) is 11.7 Å². The second kappa shape index (κ2) is 8.50. The first-order valence-corrected chi connectivity index (χ1v) is 9.90. The standard InChI is InChI=1S/C21H21FN6O3/c1-3-4-10-26(2)17(29)13-28-21(30)27-11-6-9-16(19(27)24-28)20-23-18(25-31-20)14-7-5-8-15(22)12-14/h5-9,11-12H,3-4,10,13H2,1-2H3. The highest BCUT2D eigenvalue weighted by atomic mass is 19.1. The van der Waals surface area contributed by atoms with E-state index in [1.165, 1.54) is 16.5 Å². The Hall–Kier alpha value is -3.82. The minimum Gasteiger partial charge on any atom is -0.344 e. The minimum absolute atomic E-state index is 0.133. The van der Waals surface area contributed by atoms with Crippen LogP contribution in [0.1, 0.15) is 19.8 Å². The van der Waals surface area contributed by atoms with Gasteiger partial charge in [0.15, 0.2) is 5.65 Å². The number of halogens is 1. The predicted octanol–water partition coefficient (Wildman–Crippen LogP) is 2.61. The molecule has 1 aromatic carbocycles. The van der Waals surface area contributed by atoms with Gasteiger partial charge in [-0.25, -0.2) is 18.3 Å². The van der Waals surface area contributed by atoms with E-state index in [1.807, 2.05) is 6.92 Å². The van der Waals surface area contributed by atoms with E-state index in [-0.39, 0.29) is 29.8 Å². The molecule has 0 saturated carbocycles. The molecule has 3 heterocycles. The highest BCUT2D eigenvalue weighted by Crippen LogP contribution is 2.24. The van der Waals surface area contributed by atoms with E-state index < -0.39 is 11.5 Å². The molecule has 31 heavy (non-hydrogen) atoms. The molecule has 0 atom stereocenters. The molecule has 0 fully saturated rings. The van der Waals surface area contributed by atoms with Gasteiger partial charge in [0, 0.05) is 25.4 Å². The molecule has 160 valence electrons. The number of hydrogen-bond donors (Lipinski definition) is 0. The molecule has 9 nitrogen and oxygen atoms in total. The quantitative estimate of drug-likeness (QED) is 0.452. The lowest BCUT2D eigenvalue weighted by Gasteiger charge is -2.15. The van der Waals surface area contributed by atoms with Crippen LogP contribution in [0.2, 0.25) is 0 Å². The number of rotatable bonds is 7. The van der Waals surface area contributed by atoms with Gasteiger partial charge in [-0.2, -0.15) is 4.98 Å². The number of carbonyl (C=O) groups is 1. The zero-order valence-corrected chi connectivity index (χ0v) is 17.2. The van der Waals surface area contributed by atoms with Crippen LogP contribution >= 0.6 is 0 Å². The van der Waals surface area contributed by atoms with Gasteiger partial charge in [0.05, 0.1) is 5.56 Å². The van der Waals surface area contributed by atoms with Crippen LogP contribution < -0.4 is 5.69 Å². The molecular weight excluding hydrogens is 403 g/mol. The number of pyridine rings is 1. The van der Waals surface area contributed by atoms with Gasteiger partial charge in [0.25, 0.3) is 5.89 Å². The summed E-state index contributed by atoms with van der Waals surface area (Å²) < 4.78 is 21.3. The maximum atomic E-state index is 13.5. The Bertz CT molecular complexity index is 1290. The summed E-state index contributed by atoms with van der Waals surface area (Å²) >= 11 is 0. The van der Waals surface area contributed by atoms with Gasteiger partial charge in [-0.3, -0.25) is 4.79 Å². The maximum Gasteiger partial charge on any atom is 0.350 e. The van der Waals surface area contributed by atoms with Crippen molar-refractivity contribution in [2.75, 3.05) is 13.6 Å². The molecule has 0 unspecified atom stereocenters. The summed E-state index contributed by atoms with van der Waals surface area (Å²) in [7, 11) is 1.70. The summed E-state index contributed by atoms with van der Waals surface area (Å²) in [4.78, 5) is 31.1. The second-order valence-corrected chi connectivity index (χ2v) is 7.16. The number of amides is 1. The molecule has 4 rings (SSSR count). The molecule has 0 aliphatic rings. The molecule has 1 amide bonds. The van der Waals surface area contributed by atoms with E-state index in [4.69, 9.17) is 4.52 Å². The highest BCUT2D eigenvalue weighted by Gasteiger charge is 2.19. The van der Waals surface area contributed by atoms with E-state index >= 15 is 0 Å². The Balaban J connectivity index is 1.67. The van der Waals surface area contributed by atoms with Crippen LogP contribution in [0.15, 0.2) is 51.9 Å². The van der Waals surface area contributed by atoms with Crippen molar-refractivity contribution in [3.8, 4) is 22.8 Å². The normalized spacial score (nSPS) is 11.2. The van der Waals surface area contributed by atoms with Crippen LogP contribution in [-0.4, -0.2) is 48.7 Å². The number of aromatic nitrogens is 5. The van der Waals surface area contributed by atoms with E-state index in [0.717, 1.165) is 17.5 Å². The van der Waals surface area contributed by atoms with E-state index in [2.05, 4.69) is 15.2 Å². The van der Waals surface area contributed by atoms with Crippen LogP contribution in [0.3, 0.4) is 0 Å². The summed E-state index contributed by atoms with van der Waals surface area (Å²) in [6.07, 6.45) is 3.41. The zero-order chi connectivity index (χ0) is 22.0. The summed E-state index contributed by atoms with van der Waals surface area (Å²) in [5, 5.41) is 8.22. The minimum atomic E-state index is -0.445. The van der Waals surface area contributed by atoms with Crippen LogP contribution in [0.4, 0.5) is 4.39 Å². The van der Waals surface area contributed by atoms with Crippen molar-refractivity contribution in [1.82, 2.24) is 29.2 Å². The van der Waals surface area contributed by atoms with E-state index in [1.54, 1.807) is 42.4 Å². The average molecular weight is 424 g/mol. The summed E-state index contributed by atoms with van der Waals surface area (Å²) in [6.45, 7) is 2.50. The number of carbonyl (C=O) groups excluding carboxylic acids is 1. The zero-order valence-electron chi connectivity index (χ0n) is 17.2. The third-order valence-electron chi connectivity index (χ3n) is 4.91. The monoisotopic (exact) mass is 424 g/mol. The van der Waals surface area contributed by atoms with Crippen LogP contribution in [-0.2, 0) is 11.3 Å². The smallest absolute Gasteiger partial charge is 0.344 e. The molecule has 0 saturated heterocycles. The number of unbranched alkanes of at least 4 members (excludes halogenated alkanes) is 1. The predicted molar refractivity (Wildman–Crippen MR) is 111 cm³/mol. The molecule has 4 aromatic rings. The first-order valence-electron chi connectivity index (χ1n) is 9.90. The molecular formula is C21H21FN6O3. The summed E-state index contributed by atoms with van der Waals surface area (Å²) in [6, 6.07) is 9.18. The molecule has 0 aliphatic carbocycles. The molecule has 3 aromatic heterocycles. The van der Waals surface area contributed by atoms with Crippen molar-refractivity contribution in [3.63, 3.8) is 0 Å². The number of hydrogen-bond acceptors (Lipinski definition) is 6. The maximum absolute atomic E-state index is 13.5. The Kier molecular flexibility index (Phi) is 5.61. The van der Waals surface area contributed by atoms with Gasteiger partial charge in [0.1, 0.15) is 12.4 Å². The van der Waals surface area contributed by atoms with Crippen LogP contribution in [0.25, 0.3) is 28.5 Å². The second-order valence-electron chi connectivity index (χ2n) is 7.16. The topological polar surface area (TPSA) is 98.5 Å². The van der Waals surface area contributed by atoms with E-state index in [0.29, 0.717) is 17.7 Å². The van der Waals surface area contributed by atoms with Gasteiger partial charge >= 0.3 is 5.69 Å². The lowest BCUT2D eigenvalue weighted by atomic mass is 10.2. The third kappa shape index (κ3) is 4.09. The van der Waals surface area contributed by atoms with Crippen LogP contribution in [0, 0.1) is 5.82 Å². The lowest BCUT2D eigenvalue weighted by Crippen LogP contribution is -2.34. The summed E-state index contributed by atoms with van der Waals surface area (Å²) in [5.74, 6) is -0.268. The number of benzene rings is 1. The molecule has 0 bridgehead atoms. The molecule has 10 heteroatoms. The average Bonchev–Trinajstić information content (AvgIpc) is 3.37. The van der Waals surface area contributed by atoms with Crippen molar-refractivity contribution in [2.24, 2.45) is 0 Å². The van der Waals surface area contributed by atoms with Crippen LogP contribution in [0.5, 0.6) is 0 Å². The van der Waals surface area contributed by atoms with Gasteiger partial charge in [-0.05, 0) is 30.7 Å². The number of fused-ring (bicyclic) bond motifs is 1. The number of likely N-dealkylation sites (N-methyl/N-ethyl adjacent to an activating group) is 1. The van der Waals surface area contributed by atoms with Crippen molar-refractivity contribution in [1.29, 1.82) is 0 Å². The molecule has 0 N–H and O–H groups in total. The molecule has 0 spiro atoms. The fraction of sp³-hybridized carbons (Fsp3) is 0.286.